The lowest BCUT2D eigenvalue weighted by atomic mass is 10.0. The monoisotopic (exact) mass is 449 g/mol. The van der Waals surface area contributed by atoms with Crippen molar-refractivity contribution < 1.29 is 21.8 Å². The molecule has 1 heterocycles. The van der Waals surface area contributed by atoms with Crippen LogP contribution in [-0.2, 0) is 27.3 Å². The van der Waals surface area contributed by atoms with E-state index in [9.17, 15) is 17.6 Å². The lowest BCUT2D eigenvalue weighted by Gasteiger charge is -2.17. The zero-order valence-corrected chi connectivity index (χ0v) is 18.2. The van der Waals surface area contributed by atoms with Crippen LogP contribution in [0.4, 0.5) is 4.39 Å². The number of ketones is 1. The molecule has 0 aliphatic heterocycles. The van der Waals surface area contributed by atoms with Gasteiger partial charge in [0.25, 0.3) is 10.1 Å². The quantitative estimate of drug-likeness (QED) is 0.404. The van der Waals surface area contributed by atoms with Gasteiger partial charge in [0.15, 0.2) is 5.78 Å². The van der Waals surface area contributed by atoms with Crippen molar-refractivity contribution in [2.75, 3.05) is 12.9 Å². The van der Waals surface area contributed by atoms with Crippen molar-refractivity contribution in [1.29, 1.82) is 0 Å². The average molecular weight is 450 g/mol. The molecule has 158 valence electrons. The summed E-state index contributed by atoms with van der Waals surface area (Å²) in [4.78, 5) is 12.3. The molecule has 1 aromatic heterocycles. The summed E-state index contributed by atoms with van der Waals surface area (Å²) in [7, 11) is -3.59. The predicted octanol–water partition coefficient (Wildman–Crippen LogP) is 4.69. The van der Waals surface area contributed by atoms with Crippen LogP contribution in [0.5, 0.6) is 0 Å². The van der Waals surface area contributed by atoms with E-state index < -0.39 is 15.9 Å². The van der Waals surface area contributed by atoms with E-state index in [0.29, 0.717) is 40.9 Å². The first-order valence-corrected chi connectivity index (χ1v) is 11.8. The SMILES string of the molecule is CC(=O)c1cc(F)cc2c3c(n(Cc4ccc(Cl)cc4)c12)[C@@H](COS(C)(=O)=O)CC3. The maximum Gasteiger partial charge on any atom is 0.264 e. The number of rotatable bonds is 6. The third-order valence-electron chi connectivity index (χ3n) is 5.52. The fourth-order valence-electron chi connectivity index (χ4n) is 4.30. The Bertz CT molecular complexity index is 1250. The molecule has 0 amide bonds. The average Bonchev–Trinajstić information content (AvgIpc) is 3.20. The Morgan fingerprint density at radius 2 is 1.97 bits per heavy atom. The maximum absolute atomic E-state index is 14.3. The lowest BCUT2D eigenvalue weighted by Crippen LogP contribution is -2.15. The normalized spacial score (nSPS) is 16.2. The summed E-state index contributed by atoms with van der Waals surface area (Å²) in [6.45, 7) is 1.88. The Morgan fingerprint density at radius 1 is 1.27 bits per heavy atom. The van der Waals surface area contributed by atoms with Crippen LogP contribution in [0.3, 0.4) is 0 Å². The van der Waals surface area contributed by atoms with E-state index in [1.807, 2.05) is 16.7 Å². The number of aromatic nitrogens is 1. The van der Waals surface area contributed by atoms with Crippen LogP contribution in [0.15, 0.2) is 36.4 Å². The van der Waals surface area contributed by atoms with E-state index >= 15 is 0 Å². The van der Waals surface area contributed by atoms with Crippen molar-refractivity contribution in [3.8, 4) is 0 Å². The van der Waals surface area contributed by atoms with Gasteiger partial charge in [-0.1, -0.05) is 23.7 Å². The molecule has 5 nitrogen and oxygen atoms in total. The largest absolute Gasteiger partial charge is 0.339 e. The minimum absolute atomic E-state index is 0.0145. The van der Waals surface area contributed by atoms with Gasteiger partial charge in [0, 0.05) is 34.1 Å². The van der Waals surface area contributed by atoms with Gasteiger partial charge >= 0.3 is 0 Å². The number of benzene rings is 2. The summed E-state index contributed by atoms with van der Waals surface area (Å²) in [6, 6.07) is 10.1. The molecule has 2 aromatic carbocycles. The summed E-state index contributed by atoms with van der Waals surface area (Å²) in [5, 5.41) is 1.32. The number of fused-ring (bicyclic) bond motifs is 3. The van der Waals surface area contributed by atoms with Gasteiger partial charge in [-0.25, -0.2) is 4.39 Å². The van der Waals surface area contributed by atoms with Crippen molar-refractivity contribution in [2.45, 2.75) is 32.2 Å². The molecule has 0 radical (unpaired) electrons. The van der Waals surface area contributed by atoms with Gasteiger partial charge in [0.1, 0.15) is 5.82 Å². The van der Waals surface area contributed by atoms with Gasteiger partial charge in [-0.2, -0.15) is 8.42 Å². The molecule has 0 fully saturated rings. The molecule has 30 heavy (non-hydrogen) atoms. The van der Waals surface area contributed by atoms with E-state index in [0.717, 1.165) is 23.1 Å². The van der Waals surface area contributed by atoms with Gasteiger partial charge in [-0.05, 0) is 55.2 Å². The van der Waals surface area contributed by atoms with Gasteiger partial charge < -0.3 is 4.57 Å². The second-order valence-corrected chi connectivity index (χ2v) is 9.79. The zero-order valence-electron chi connectivity index (χ0n) is 16.6. The molecule has 0 unspecified atom stereocenters. The third kappa shape index (κ3) is 4.02. The standard InChI is InChI=1S/C22H21ClFNO4S/c1-13(26)19-9-17(24)10-20-18-8-5-15(12-29-30(2,27)28)21(18)25(22(19)20)11-14-3-6-16(23)7-4-14/h3-4,6-7,9-10,15H,5,8,11-12H2,1-2H3/t15-/m1/s1. The summed E-state index contributed by atoms with van der Waals surface area (Å²) in [5.74, 6) is -0.857. The van der Waals surface area contributed by atoms with Gasteiger partial charge in [0.2, 0.25) is 0 Å². The van der Waals surface area contributed by atoms with Gasteiger partial charge in [0.05, 0.1) is 18.4 Å². The van der Waals surface area contributed by atoms with E-state index in [-0.39, 0.29) is 18.3 Å². The smallest absolute Gasteiger partial charge is 0.264 e. The van der Waals surface area contributed by atoms with Crippen LogP contribution in [0.25, 0.3) is 10.9 Å². The highest BCUT2D eigenvalue weighted by molar-refractivity contribution is 7.85. The summed E-state index contributed by atoms with van der Waals surface area (Å²) in [6.07, 6.45) is 2.38. The zero-order chi connectivity index (χ0) is 21.6. The van der Waals surface area contributed by atoms with Crippen molar-refractivity contribution in [3.63, 3.8) is 0 Å². The lowest BCUT2D eigenvalue weighted by molar-refractivity contribution is 0.101. The van der Waals surface area contributed by atoms with E-state index in [4.69, 9.17) is 15.8 Å². The minimum Gasteiger partial charge on any atom is -0.339 e. The third-order valence-corrected chi connectivity index (χ3v) is 6.33. The fraction of sp³-hybridized carbons (Fsp3) is 0.318. The molecule has 4 rings (SSSR count). The van der Waals surface area contributed by atoms with Gasteiger partial charge in [-0.3, -0.25) is 8.98 Å². The number of Topliss-reactive ketones (excluding diaryl/α,β-unsaturated/α-hetero) is 1. The second kappa shape index (κ2) is 7.80. The van der Waals surface area contributed by atoms with Crippen LogP contribution in [-0.4, -0.2) is 31.6 Å². The molecule has 0 saturated carbocycles. The second-order valence-electron chi connectivity index (χ2n) is 7.71. The number of halogens is 2. The Balaban J connectivity index is 1.91. The summed E-state index contributed by atoms with van der Waals surface area (Å²) >= 11 is 6.01. The Kier molecular flexibility index (Phi) is 5.46. The minimum atomic E-state index is -3.59. The van der Waals surface area contributed by atoms with Crippen molar-refractivity contribution >= 4 is 38.4 Å². The highest BCUT2D eigenvalue weighted by atomic mass is 35.5. The Morgan fingerprint density at radius 3 is 2.60 bits per heavy atom. The van der Waals surface area contributed by atoms with E-state index in [1.165, 1.54) is 19.1 Å². The van der Waals surface area contributed by atoms with E-state index in [1.54, 1.807) is 12.1 Å². The van der Waals surface area contributed by atoms with Crippen LogP contribution in [0.2, 0.25) is 5.02 Å². The first-order valence-electron chi connectivity index (χ1n) is 9.58. The topological polar surface area (TPSA) is 65.4 Å². The number of carbonyl (C=O) groups excluding carboxylic acids is 1. The first kappa shape index (κ1) is 21.0. The number of carbonyl (C=O) groups is 1. The summed E-state index contributed by atoms with van der Waals surface area (Å²) in [5.41, 5.74) is 3.80. The molecule has 0 saturated heterocycles. The van der Waals surface area contributed by atoms with Crippen LogP contribution in [0.1, 0.15) is 46.4 Å². The highest BCUT2D eigenvalue weighted by Crippen LogP contribution is 2.42. The first-order chi connectivity index (χ1) is 14.1. The van der Waals surface area contributed by atoms with Crippen molar-refractivity contribution in [1.82, 2.24) is 4.57 Å². The molecule has 1 aliphatic rings. The number of nitrogens with zero attached hydrogens (tertiary/aromatic N) is 1. The molecule has 1 aliphatic carbocycles. The van der Waals surface area contributed by atoms with Crippen LogP contribution < -0.4 is 0 Å². The van der Waals surface area contributed by atoms with Crippen molar-refractivity contribution in [3.05, 3.63) is 69.6 Å². The molecular weight excluding hydrogens is 429 g/mol. The van der Waals surface area contributed by atoms with Crippen LogP contribution >= 0.6 is 11.6 Å². The maximum atomic E-state index is 14.3. The molecule has 0 N–H and O–H groups in total. The number of hydrogen-bond acceptors (Lipinski definition) is 4. The Hall–Kier alpha value is -2.22. The van der Waals surface area contributed by atoms with Crippen molar-refractivity contribution in [2.24, 2.45) is 0 Å². The number of hydrogen-bond donors (Lipinski definition) is 0. The fourth-order valence-corrected chi connectivity index (χ4v) is 4.84. The molecule has 8 heteroatoms. The Labute approximate surface area is 179 Å². The molecule has 0 spiro atoms. The molecule has 3 aromatic rings. The molecule has 0 bridgehead atoms. The van der Waals surface area contributed by atoms with E-state index in [2.05, 4.69) is 0 Å². The molecular formula is C22H21ClFNO4S. The summed E-state index contributed by atoms with van der Waals surface area (Å²) < 4.78 is 44.5. The number of aryl methyl sites for hydroxylation is 1. The molecule has 1 atom stereocenters. The van der Waals surface area contributed by atoms with Gasteiger partial charge in [-0.15, -0.1) is 0 Å². The van der Waals surface area contributed by atoms with Crippen LogP contribution in [0, 0.1) is 5.82 Å². The highest BCUT2D eigenvalue weighted by Gasteiger charge is 2.32. The predicted molar refractivity (Wildman–Crippen MR) is 114 cm³/mol.